The molecule has 190 valence electrons. The number of carbonyl (C=O) groups excluding carboxylic acids is 1. The second kappa shape index (κ2) is 11.9. The van der Waals surface area contributed by atoms with Crippen LogP contribution in [0.5, 0.6) is 11.5 Å². The summed E-state index contributed by atoms with van der Waals surface area (Å²) in [7, 11) is 0. The van der Waals surface area contributed by atoms with E-state index >= 15 is 0 Å². The fraction of sp³-hybridized carbons (Fsp3) is 0.440. The number of ether oxygens (including phenoxy) is 3. The van der Waals surface area contributed by atoms with E-state index in [-0.39, 0.29) is 19.6 Å². The molecule has 1 aliphatic carbocycles. The number of rotatable bonds is 12. The molecule has 1 atom stereocenters. The zero-order valence-corrected chi connectivity index (χ0v) is 19.3. The van der Waals surface area contributed by atoms with Gasteiger partial charge in [-0.15, -0.1) is 0 Å². The quantitative estimate of drug-likeness (QED) is 0.445. The summed E-state index contributed by atoms with van der Waals surface area (Å²) in [5.41, 5.74) is -0.244. The van der Waals surface area contributed by atoms with E-state index in [1.807, 2.05) is 0 Å². The topological polar surface area (TPSA) is 85.3 Å². The maximum Gasteiger partial charge on any atom is 0.419 e. The van der Waals surface area contributed by atoms with Crippen LogP contribution in [0.25, 0.3) is 0 Å². The molecule has 0 spiro atoms. The minimum atomic E-state index is -4.64. The number of alkyl halides is 3. The molecule has 1 saturated carbocycles. The van der Waals surface area contributed by atoms with Crippen molar-refractivity contribution >= 4 is 12.1 Å². The Balaban J connectivity index is 1.56. The highest BCUT2D eigenvalue weighted by molar-refractivity contribution is 5.73. The molecule has 1 N–H and O–H groups in total. The van der Waals surface area contributed by atoms with Crippen LogP contribution in [0.1, 0.15) is 30.9 Å². The first-order valence-electron chi connectivity index (χ1n) is 11.4. The Morgan fingerprint density at radius 3 is 2.40 bits per heavy atom. The molecule has 2 aromatic rings. The molecule has 1 aliphatic rings. The first kappa shape index (κ1) is 26.3. The molecule has 1 amide bonds. The number of benzene rings is 2. The number of carbonyl (C=O) groups is 2. The van der Waals surface area contributed by atoms with Gasteiger partial charge in [-0.1, -0.05) is 24.3 Å². The van der Waals surface area contributed by atoms with E-state index in [2.05, 4.69) is 0 Å². The van der Waals surface area contributed by atoms with Crippen LogP contribution in [0, 0.1) is 5.92 Å². The summed E-state index contributed by atoms with van der Waals surface area (Å²) >= 11 is 0. The number of carboxylic acids is 1. The fourth-order valence-corrected chi connectivity index (χ4v) is 3.45. The number of nitrogens with zero attached hydrogens (tertiary/aromatic N) is 1. The number of para-hydroxylation sites is 1. The van der Waals surface area contributed by atoms with E-state index in [0.29, 0.717) is 24.8 Å². The number of carboxylic acid groups (broad SMARTS) is 1. The molecule has 1 unspecified atom stereocenters. The number of aliphatic carboxylic acids is 1. The molecule has 2 aromatic carbocycles. The van der Waals surface area contributed by atoms with Crippen LogP contribution in [-0.4, -0.2) is 54.5 Å². The molecule has 0 saturated heterocycles. The van der Waals surface area contributed by atoms with Crippen molar-refractivity contribution in [2.24, 2.45) is 5.92 Å². The van der Waals surface area contributed by atoms with E-state index < -0.39 is 35.7 Å². The van der Waals surface area contributed by atoms with Crippen LogP contribution in [0.3, 0.4) is 0 Å². The van der Waals surface area contributed by atoms with Crippen LogP contribution in [0.4, 0.5) is 18.0 Å². The van der Waals surface area contributed by atoms with E-state index in [9.17, 15) is 27.9 Å². The molecule has 7 nitrogen and oxygen atoms in total. The largest absolute Gasteiger partial charge is 0.492 e. The van der Waals surface area contributed by atoms with Crippen LogP contribution < -0.4 is 9.47 Å². The third-order valence-corrected chi connectivity index (χ3v) is 5.44. The van der Waals surface area contributed by atoms with Crippen LogP contribution in [0.15, 0.2) is 48.5 Å². The zero-order chi connectivity index (χ0) is 25.4. The average molecular weight is 495 g/mol. The van der Waals surface area contributed by atoms with Gasteiger partial charge in [-0.25, -0.2) is 9.59 Å². The van der Waals surface area contributed by atoms with Gasteiger partial charge in [0.2, 0.25) is 0 Å². The summed E-state index contributed by atoms with van der Waals surface area (Å²) in [6.07, 6.45) is -4.32. The fourth-order valence-electron chi connectivity index (χ4n) is 3.45. The Bertz CT molecular complexity index is 991. The highest BCUT2D eigenvalue weighted by Gasteiger charge is 2.35. The molecule has 0 heterocycles. The number of hydrogen-bond acceptors (Lipinski definition) is 5. The second-order valence-corrected chi connectivity index (χ2v) is 8.23. The maximum absolute atomic E-state index is 13.2. The van der Waals surface area contributed by atoms with Gasteiger partial charge in [0, 0.05) is 19.6 Å². The Morgan fingerprint density at radius 1 is 1.11 bits per heavy atom. The minimum absolute atomic E-state index is 0.110. The molecule has 0 bridgehead atoms. The lowest BCUT2D eigenvalue weighted by atomic mass is 10.1. The first-order chi connectivity index (χ1) is 16.7. The zero-order valence-electron chi connectivity index (χ0n) is 19.3. The molecule has 0 aliphatic heterocycles. The van der Waals surface area contributed by atoms with Gasteiger partial charge in [-0.05, 0) is 55.5 Å². The van der Waals surface area contributed by atoms with Crippen LogP contribution in [-0.2, 0) is 22.1 Å². The Hall–Kier alpha value is -3.27. The molecular weight excluding hydrogens is 467 g/mol. The molecule has 1 fully saturated rings. The lowest BCUT2D eigenvalue weighted by molar-refractivity contribution is -0.150. The van der Waals surface area contributed by atoms with Gasteiger partial charge in [-0.3, -0.25) is 0 Å². The predicted octanol–water partition coefficient (Wildman–Crippen LogP) is 5.03. The number of halogens is 3. The molecule has 0 aromatic heterocycles. The highest BCUT2D eigenvalue weighted by atomic mass is 19.4. The van der Waals surface area contributed by atoms with Crippen molar-refractivity contribution in [2.45, 2.75) is 38.5 Å². The second-order valence-electron chi connectivity index (χ2n) is 8.23. The summed E-state index contributed by atoms with van der Waals surface area (Å²) in [6.45, 7) is 2.64. The summed E-state index contributed by atoms with van der Waals surface area (Å²) in [6, 6.07) is 11.4. The molecule has 10 heteroatoms. The summed E-state index contributed by atoms with van der Waals surface area (Å²) < 4.78 is 55.7. The third kappa shape index (κ3) is 8.17. The lowest BCUT2D eigenvalue weighted by Crippen LogP contribution is -2.38. The monoisotopic (exact) mass is 495 g/mol. The van der Waals surface area contributed by atoms with Crippen molar-refractivity contribution in [3.05, 3.63) is 59.7 Å². The van der Waals surface area contributed by atoms with Gasteiger partial charge >= 0.3 is 18.2 Å². The van der Waals surface area contributed by atoms with Gasteiger partial charge in [0.25, 0.3) is 0 Å². The Labute approximate surface area is 201 Å². The highest BCUT2D eigenvalue weighted by Crippen LogP contribution is 2.36. The van der Waals surface area contributed by atoms with Crippen LogP contribution >= 0.6 is 0 Å². The molecule has 0 radical (unpaired) electrons. The number of hydrogen-bond donors (Lipinski definition) is 1. The average Bonchev–Trinajstić information content (AvgIpc) is 3.63. The van der Waals surface area contributed by atoms with Gasteiger partial charge in [-0.2, -0.15) is 13.2 Å². The summed E-state index contributed by atoms with van der Waals surface area (Å²) in [4.78, 5) is 25.3. The van der Waals surface area contributed by atoms with Crippen molar-refractivity contribution < 1.29 is 42.1 Å². The normalized spacial score (nSPS) is 14.3. The SMILES string of the molecule is CCOC(Cc1ccc(OCCN(CC2CC2)C(=O)Oc2ccccc2C(F)(F)F)cc1)C(=O)O. The van der Waals surface area contributed by atoms with Gasteiger partial charge in [0.1, 0.15) is 18.1 Å². The third-order valence-electron chi connectivity index (χ3n) is 5.44. The maximum atomic E-state index is 13.2. The summed E-state index contributed by atoms with van der Waals surface area (Å²) in [5, 5.41) is 9.20. The Kier molecular flexibility index (Phi) is 8.97. The first-order valence-corrected chi connectivity index (χ1v) is 11.4. The Morgan fingerprint density at radius 2 is 1.80 bits per heavy atom. The van der Waals surface area contributed by atoms with Crippen molar-refractivity contribution in [1.82, 2.24) is 4.90 Å². The molecule has 3 rings (SSSR count). The van der Waals surface area contributed by atoms with Gasteiger partial charge in [0.05, 0.1) is 12.1 Å². The van der Waals surface area contributed by atoms with Crippen LogP contribution in [0.2, 0.25) is 0 Å². The van der Waals surface area contributed by atoms with E-state index in [1.165, 1.54) is 17.0 Å². The summed E-state index contributed by atoms with van der Waals surface area (Å²) in [5.74, 6) is -0.756. The molecular formula is C25H28F3NO6. The smallest absolute Gasteiger partial charge is 0.419 e. The van der Waals surface area contributed by atoms with Crippen molar-refractivity contribution in [3.63, 3.8) is 0 Å². The van der Waals surface area contributed by atoms with Gasteiger partial charge in [0.15, 0.2) is 6.10 Å². The van der Waals surface area contributed by atoms with E-state index in [0.717, 1.165) is 30.5 Å². The lowest BCUT2D eigenvalue weighted by Gasteiger charge is -2.23. The standard InChI is InChI=1S/C25H28F3NO6/c1-2-33-22(23(30)31)15-17-9-11-19(12-10-17)34-14-13-29(16-18-7-8-18)24(32)35-21-6-4-3-5-20(21)25(26,27)28/h3-6,9-12,18,22H,2,7-8,13-16H2,1H3,(H,30,31). The van der Waals surface area contributed by atoms with Crippen molar-refractivity contribution in [1.29, 1.82) is 0 Å². The van der Waals surface area contributed by atoms with Gasteiger partial charge < -0.3 is 24.2 Å². The van der Waals surface area contributed by atoms with E-state index in [1.54, 1.807) is 31.2 Å². The van der Waals surface area contributed by atoms with Crippen molar-refractivity contribution in [3.8, 4) is 11.5 Å². The minimum Gasteiger partial charge on any atom is -0.492 e. The molecule has 35 heavy (non-hydrogen) atoms. The van der Waals surface area contributed by atoms with E-state index in [4.69, 9.17) is 14.2 Å². The predicted molar refractivity (Wildman–Crippen MR) is 120 cm³/mol. The van der Waals surface area contributed by atoms with Crippen molar-refractivity contribution in [2.75, 3.05) is 26.3 Å². The number of amides is 1.